The van der Waals surface area contributed by atoms with Gasteiger partial charge in [-0.15, -0.1) is 12.4 Å². The minimum Gasteiger partial charge on any atom is -0.369 e. The van der Waals surface area contributed by atoms with E-state index in [0.717, 1.165) is 55.2 Å². The van der Waals surface area contributed by atoms with Crippen molar-refractivity contribution >= 4 is 24.4 Å². The fourth-order valence-corrected chi connectivity index (χ4v) is 3.86. The summed E-state index contributed by atoms with van der Waals surface area (Å²) in [5.41, 5.74) is 4.12. The maximum Gasteiger partial charge on any atom is 0.150 e. The summed E-state index contributed by atoms with van der Waals surface area (Å²) in [5, 5.41) is 0. The Hall–Kier alpha value is -1.84. The van der Waals surface area contributed by atoms with Gasteiger partial charge in [-0.25, -0.2) is 0 Å². The molecular weight excluding hydrogens is 344 g/mol. The summed E-state index contributed by atoms with van der Waals surface area (Å²) in [7, 11) is 0. The van der Waals surface area contributed by atoms with Crippen molar-refractivity contribution in [3.63, 3.8) is 0 Å². The van der Waals surface area contributed by atoms with Gasteiger partial charge in [-0.1, -0.05) is 50.2 Å². The molecule has 0 N–H and O–H groups in total. The fraction of sp³-hybridized carbons (Fsp3) is 0.409. The molecule has 3 rings (SSSR count). The smallest absolute Gasteiger partial charge is 0.150 e. The summed E-state index contributed by atoms with van der Waals surface area (Å²) >= 11 is 0. The number of anilines is 1. The topological polar surface area (TPSA) is 23.6 Å². The molecule has 140 valence electrons. The molecule has 0 radical (unpaired) electrons. The number of halogens is 1. The molecule has 0 aliphatic carbocycles. The number of hydrogen-bond acceptors (Lipinski definition) is 3. The largest absolute Gasteiger partial charge is 0.369 e. The Balaban J connectivity index is 0.00000243. The Kier molecular flexibility index (Phi) is 7.67. The molecule has 4 heteroatoms. The third kappa shape index (κ3) is 4.46. The van der Waals surface area contributed by atoms with Crippen molar-refractivity contribution in [2.75, 3.05) is 31.1 Å². The van der Waals surface area contributed by atoms with E-state index in [1.165, 1.54) is 18.5 Å². The minimum atomic E-state index is 0. The van der Waals surface area contributed by atoms with Crippen LogP contribution in [0.1, 0.15) is 37.0 Å². The lowest BCUT2D eigenvalue weighted by atomic mass is 10.00. The van der Waals surface area contributed by atoms with Crippen LogP contribution in [-0.4, -0.2) is 43.4 Å². The molecule has 1 heterocycles. The van der Waals surface area contributed by atoms with Crippen LogP contribution in [0.4, 0.5) is 5.69 Å². The van der Waals surface area contributed by atoms with Gasteiger partial charge < -0.3 is 4.90 Å². The Morgan fingerprint density at radius 1 is 0.923 bits per heavy atom. The third-order valence-electron chi connectivity index (χ3n) is 5.40. The second kappa shape index (κ2) is 9.75. The van der Waals surface area contributed by atoms with Crippen molar-refractivity contribution in [1.29, 1.82) is 0 Å². The molecule has 0 atom stereocenters. The predicted molar refractivity (Wildman–Crippen MR) is 113 cm³/mol. The zero-order chi connectivity index (χ0) is 17.6. The van der Waals surface area contributed by atoms with Crippen molar-refractivity contribution in [3.8, 4) is 11.1 Å². The highest BCUT2D eigenvalue weighted by Crippen LogP contribution is 2.26. The highest BCUT2D eigenvalue weighted by molar-refractivity contribution is 5.87. The van der Waals surface area contributed by atoms with E-state index >= 15 is 0 Å². The molecule has 0 bridgehead atoms. The van der Waals surface area contributed by atoms with Crippen LogP contribution in [0, 0.1) is 0 Å². The number of piperazine rings is 1. The second-order valence-electron chi connectivity index (χ2n) is 6.75. The molecule has 0 amide bonds. The lowest BCUT2D eigenvalue weighted by molar-refractivity contribution is 0.112. The summed E-state index contributed by atoms with van der Waals surface area (Å²) in [6.45, 7) is 9.03. The van der Waals surface area contributed by atoms with Gasteiger partial charge in [0.25, 0.3) is 0 Å². The van der Waals surface area contributed by atoms with Gasteiger partial charge in [-0.2, -0.15) is 0 Å². The molecule has 1 saturated heterocycles. The van der Waals surface area contributed by atoms with E-state index in [4.69, 9.17) is 0 Å². The van der Waals surface area contributed by atoms with Crippen LogP contribution in [0.5, 0.6) is 0 Å². The Bertz CT molecular complexity index is 690. The number of carbonyl (C=O) groups excluding carboxylic acids is 1. The van der Waals surface area contributed by atoms with E-state index < -0.39 is 0 Å². The second-order valence-corrected chi connectivity index (χ2v) is 6.75. The fourth-order valence-electron chi connectivity index (χ4n) is 3.86. The Morgan fingerprint density at radius 2 is 1.54 bits per heavy atom. The average molecular weight is 373 g/mol. The standard InChI is InChI=1S/C22H28N2O.ClH/c1-3-20(4-2)23-13-15-24(16-14-23)21-11-9-18(10-12-21)22-8-6-5-7-19(22)17-25;/h5-12,17,20H,3-4,13-16H2,1-2H3;1H. The van der Waals surface area contributed by atoms with E-state index in [1.807, 2.05) is 24.3 Å². The number of carbonyl (C=O) groups is 1. The highest BCUT2D eigenvalue weighted by Gasteiger charge is 2.21. The number of benzene rings is 2. The summed E-state index contributed by atoms with van der Waals surface area (Å²) in [5.74, 6) is 0. The molecule has 0 aromatic heterocycles. The first-order valence-corrected chi connectivity index (χ1v) is 9.40. The molecule has 1 aliphatic rings. The average Bonchev–Trinajstić information content (AvgIpc) is 2.69. The van der Waals surface area contributed by atoms with Crippen molar-refractivity contribution in [2.24, 2.45) is 0 Å². The maximum absolute atomic E-state index is 11.2. The van der Waals surface area contributed by atoms with E-state index in [9.17, 15) is 4.79 Å². The predicted octanol–water partition coefficient (Wildman–Crippen LogP) is 4.90. The zero-order valence-electron chi connectivity index (χ0n) is 15.7. The van der Waals surface area contributed by atoms with Crippen LogP contribution in [0.3, 0.4) is 0 Å². The van der Waals surface area contributed by atoms with Crippen molar-refractivity contribution in [3.05, 3.63) is 54.1 Å². The zero-order valence-corrected chi connectivity index (χ0v) is 16.5. The van der Waals surface area contributed by atoms with Gasteiger partial charge in [0, 0.05) is 43.5 Å². The molecule has 0 spiro atoms. The van der Waals surface area contributed by atoms with E-state index in [2.05, 4.69) is 47.9 Å². The third-order valence-corrected chi connectivity index (χ3v) is 5.40. The number of aldehydes is 1. The van der Waals surface area contributed by atoms with Crippen LogP contribution in [0.15, 0.2) is 48.5 Å². The van der Waals surface area contributed by atoms with Crippen LogP contribution in [-0.2, 0) is 0 Å². The van der Waals surface area contributed by atoms with Crippen molar-refractivity contribution in [2.45, 2.75) is 32.7 Å². The van der Waals surface area contributed by atoms with Gasteiger partial charge in [-0.05, 0) is 36.1 Å². The first kappa shape index (κ1) is 20.5. The van der Waals surface area contributed by atoms with Gasteiger partial charge in [0.05, 0.1) is 0 Å². The summed E-state index contributed by atoms with van der Waals surface area (Å²) in [6.07, 6.45) is 3.41. The molecule has 3 nitrogen and oxygen atoms in total. The molecule has 1 aliphatic heterocycles. The Labute approximate surface area is 163 Å². The number of rotatable bonds is 6. The van der Waals surface area contributed by atoms with Gasteiger partial charge in [0.1, 0.15) is 0 Å². The van der Waals surface area contributed by atoms with E-state index in [-0.39, 0.29) is 12.4 Å². The summed E-state index contributed by atoms with van der Waals surface area (Å²) < 4.78 is 0. The highest BCUT2D eigenvalue weighted by atomic mass is 35.5. The van der Waals surface area contributed by atoms with Crippen molar-refractivity contribution in [1.82, 2.24) is 4.90 Å². The number of nitrogens with zero attached hydrogens (tertiary/aromatic N) is 2. The quantitative estimate of drug-likeness (QED) is 0.674. The summed E-state index contributed by atoms with van der Waals surface area (Å²) in [4.78, 5) is 16.3. The SMILES string of the molecule is CCC(CC)N1CCN(c2ccc(-c3ccccc3C=O)cc2)CC1.Cl. The minimum absolute atomic E-state index is 0. The summed E-state index contributed by atoms with van der Waals surface area (Å²) in [6, 6.07) is 17.1. The molecule has 2 aromatic carbocycles. The number of hydrogen-bond donors (Lipinski definition) is 0. The van der Waals surface area contributed by atoms with Crippen LogP contribution < -0.4 is 4.90 Å². The van der Waals surface area contributed by atoms with E-state index in [1.54, 1.807) is 0 Å². The van der Waals surface area contributed by atoms with Gasteiger partial charge in [-0.3, -0.25) is 9.69 Å². The van der Waals surface area contributed by atoms with Gasteiger partial charge >= 0.3 is 0 Å². The van der Waals surface area contributed by atoms with Crippen molar-refractivity contribution < 1.29 is 4.79 Å². The van der Waals surface area contributed by atoms with E-state index in [0.29, 0.717) is 0 Å². The lowest BCUT2D eigenvalue weighted by Gasteiger charge is -2.40. The first-order chi connectivity index (χ1) is 12.3. The Morgan fingerprint density at radius 3 is 2.12 bits per heavy atom. The molecule has 0 saturated carbocycles. The maximum atomic E-state index is 11.2. The molecule has 26 heavy (non-hydrogen) atoms. The molecule has 0 unspecified atom stereocenters. The van der Waals surface area contributed by atoms with Crippen LogP contribution >= 0.6 is 12.4 Å². The van der Waals surface area contributed by atoms with Gasteiger partial charge in [0.2, 0.25) is 0 Å². The van der Waals surface area contributed by atoms with Crippen LogP contribution in [0.25, 0.3) is 11.1 Å². The first-order valence-electron chi connectivity index (χ1n) is 9.40. The normalized spacial score (nSPS) is 15.0. The van der Waals surface area contributed by atoms with Crippen LogP contribution in [0.2, 0.25) is 0 Å². The molecule has 2 aromatic rings. The lowest BCUT2D eigenvalue weighted by Crippen LogP contribution is -2.50. The molecular formula is C22H29ClN2O. The van der Waals surface area contributed by atoms with Gasteiger partial charge in [0.15, 0.2) is 6.29 Å². The molecule has 1 fully saturated rings. The monoisotopic (exact) mass is 372 g/mol.